The van der Waals surface area contributed by atoms with Gasteiger partial charge in [-0.2, -0.15) is 0 Å². The van der Waals surface area contributed by atoms with Gasteiger partial charge in [0.1, 0.15) is 0 Å². The maximum absolute atomic E-state index is 11.7. The number of nitrogens with one attached hydrogen (secondary N) is 2. The molecule has 0 bridgehead atoms. The summed E-state index contributed by atoms with van der Waals surface area (Å²) in [6.45, 7) is 4.78. The lowest BCUT2D eigenvalue weighted by molar-refractivity contribution is 0.0956. The molecule has 1 aliphatic carbocycles. The van der Waals surface area contributed by atoms with Crippen LogP contribution in [0.3, 0.4) is 0 Å². The van der Waals surface area contributed by atoms with E-state index < -0.39 is 0 Å². The highest BCUT2D eigenvalue weighted by Gasteiger charge is 2.25. The molecule has 0 spiro atoms. The first-order chi connectivity index (χ1) is 8.60. The summed E-state index contributed by atoms with van der Waals surface area (Å²) in [5, 5.41) is 6.20. The smallest absolute Gasteiger partial charge is 0.251 e. The zero-order chi connectivity index (χ0) is 13.1. The van der Waals surface area contributed by atoms with Crippen LogP contribution in [-0.2, 0) is 0 Å². The summed E-state index contributed by atoms with van der Waals surface area (Å²) in [7, 11) is 0. The Morgan fingerprint density at radius 2 is 2.17 bits per heavy atom. The van der Waals surface area contributed by atoms with Crippen LogP contribution in [0.5, 0.6) is 0 Å². The Labute approximate surface area is 108 Å². The number of carbonyl (C=O) groups excluding carboxylic acids is 1. The van der Waals surface area contributed by atoms with Crippen LogP contribution < -0.4 is 16.4 Å². The molecule has 1 fully saturated rings. The molecule has 1 saturated carbocycles. The molecule has 1 amide bonds. The molecule has 0 aromatic heterocycles. The molecule has 4 heteroatoms. The van der Waals surface area contributed by atoms with Gasteiger partial charge >= 0.3 is 0 Å². The van der Waals surface area contributed by atoms with Crippen LogP contribution in [0.4, 0.5) is 11.4 Å². The lowest BCUT2D eigenvalue weighted by atomic mass is 9.82. The molecule has 98 valence electrons. The van der Waals surface area contributed by atoms with Gasteiger partial charge in [-0.15, -0.1) is 0 Å². The van der Waals surface area contributed by atoms with Crippen LogP contribution >= 0.6 is 0 Å². The predicted molar refractivity (Wildman–Crippen MR) is 74.7 cm³/mol. The third kappa shape index (κ3) is 2.75. The minimum Gasteiger partial charge on any atom is -0.397 e. The molecule has 1 aromatic rings. The highest BCUT2D eigenvalue weighted by atomic mass is 16.1. The van der Waals surface area contributed by atoms with E-state index in [1.54, 1.807) is 12.1 Å². The number of amides is 1. The third-order valence-corrected chi connectivity index (χ3v) is 3.39. The van der Waals surface area contributed by atoms with Gasteiger partial charge in [-0.05, 0) is 43.9 Å². The van der Waals surface area contributed by atoms with Crippen LogP contribution in [0.15, 0.2) is 18.2 Å². The molecule has 4 N–H and O–H groups in total. The van der Waals surface area contributed by atoms with Crippen LogP contribution in [0.2, 0.25) is 0 Å². The zero-order valence-corrected chi connectivity index (χ0v) is 11.0. The van der Waals surface area contributed by atoms with Crippen molar-refractivity contribution in [3.8, 4) is 0 Å². The maximum atomic E-state index is 11.7. The lowest BCUT2D eigenvalue weighted by Crippen LogP contribution is -2.34. The van der Waals surface area contributed by atoms with Crippen molar-refractivity contribution < 1.29 is 4.79 Å². The number of hydrogen-bond donors (Lipinski definition) is 3. The van der Waals surface area contributed by atoms with Gasteiger partial charge in [0.2, 0.25) is 0 Å². The number of nitrogen functional groups attached to an aromatic ring is 1. The average Bonchev–Trinajstić information content (AvgIpc) is 2.30. The second-order valence-electron chi connectivity index (χ2n) is 5.08. The molecular formula is C14H21N3O. The van der Waals surface area contributed by atoms with Crippen molar-refractivity contribution in [2.75, 3.05) is 17.6 Å². The molecule has 4 nitrogen and oxygen atoms in total. The van der Waals surface area contributed by atoms with Gasteiger partial charge in [0.05, 0.1) is 11.4 Å². The Hall–Kier alpha value is -1.71. The third-order valence-electron chi connectivity index (χ3n) is 3.39. The summed E-state index contributed by atoms with van der Waals surface area (Å²) in [4.78, 5) is 11.7. The summed E-state index contributed by atoms with van der Waals surface area (Å²) < 4.78 is 0. The summed E-state index contributed by atoms with van der Waals surface area (Å²) >= 11 is 0. The predicted octanol–water partition coefficient (Wildman–Crippen LogP) is 2.23. The van der Waals surface area contributed by atoms with E-state index in [1.165, 1.54) is 12.8 Å². The van der Waals surface area contributed by atoms with E-state index >= 15 is 0 Å². The van der Waals surface area contributed by atoms with Gasteiger partial charge in [0.25, 0.3) is 5.91 Å². The maximum Gasteiger partial charge on any atom is 0.251 e. The summed E-state index contributed by atoms with van der Waals surface area (Å²) in [5.41, 5.74) is 8.15. The van der Waals surface area contributed by atoms with E-state index in [2.05, 4.69) is 17.6 Å². The number of benzene rings is 1. The molecule has 18 heavy (non-hydrogen) atoms. The number of nitrogens with two attached hydrogens (primary N) is 1. The quantitative estimate of drug-likeness (QED) is 0.715. The van der Waals surface area contributed by atoms with Crippen molar-refractivity contribution in [3.63, 3.8) is 0 Å². The average molecular weight is 247 g/mol. The van der Waals surface area contributed by atoms with Crippen LogP contribution in [0.25, 0.3) is 0 Å². The zero-order valence-electron chi connectivity index (χ0n) is 11.0. The van der Waals surface area contributed by atoms with Crippen molar-refractivity contribution in [2.24, 2.45) is 5.92 Å². The molecule has 0 aliphatic heterocycles. The highest BCUT2D eigenvalue weighted by molar-refractivity contribution is 5.96. The van der Waals surface area contributed by atoms with E-state index in [4.69, 9.17) is 5.73 Å². The van der Waals surface area contributed by atoms with E-state index in [-0.39, 0.29) is 5.91 Å². The highest BCUT2D eigenvalue weighted by Crippen LogP contribution is 2.31. The fourth-order valence-corrected chi connectivity index (χ4v) is 2.33. The molecular weight excluding hydrogens is 226 g/mol. The van der Waals surface area contributed by atoms with E-state index in [9.17, 15) is 4.79 Å². The minimum absolute atomic E-state index is 0.0532. The summed E-state index contributed by atoms with van der Waals surface area (Å²) in [6, 6.07) is 5.87. The fourth-order valence-electron chi connectivity index (χ4n) is 2.33. The first-order valence-corrected chi connectivity index (χ1v) is 6.54. The van der Waals surface area contributed by atoms with Gasteiger partial charge in [-0.3, -0.25) is 4.79 Å². The Balaban J connectivity index is 2.09. The number of rotatable bonds is 4. The molecule has 0 heterocycles. The lowest BCUT2D eigenvalue weighted by Gasteiger charge is -2.34. The minimum atomic E-state index is -0.0532. The SMILES string of the molecule is CCNC(=O)c1ccc(N)c(NC2CC(C)C2)c1. The summed E-state index contributed by atoms with van der Waals surface area (Å²) in [6.07, 6.45) is 2.34. The molecule has 0 unspecified atom stereocenters. The van der Waals surface area contributed by atoms with E-state index in [0.717, 1.165) is 11.6 Å². The van der Waals surface area contributed by atoms with Gasteiger partial charge in [0.15, 0.2) is 0 Å². The summed E-state index contributed by atoms with van der Waals surface area (Å²) in [5.74, 6) is 0.734. The van der Waals surface area contributed by atoms with E-state index in [0.29, 0.717) is 23.8 Å². The van der Waals surface area contributed by atoms with E-state index in [1.807, 2.05) is 13.0 Å². The van der Waals surface area contributed by atoms with Crippen molar-refractivity contribution in [1.29, 1.82) is 0 Å². The molecule has 0 radical (unpaired) electrons. The van der Waals surface area contributed by atoms with Gasteiger partial charge < -0.3 is 16.4 Å². The Morgan fingerprint density at radius 1 is 1.44 bits per heavy atom. The van der Waals surface area contributed by atoms with Gasteiger partial charge in [0, 0.05) is 18.2 Å². The Kier molecular flexibility index (Phi) is 3.75. The number of anilines is 2. The van der Waals surface area contributed by atoms with Crippen molar-refractivity contribution >= 4 is 17.3 Å². The topological polar surface area (TPSA) is 67.2 Å². The standard InChI is InChI=1S/C14H21N3O/c1-3-16-14(18)10-4-5-12(15)13(8-10)17-11-6-9(2)7-11/h4-5,8-9,11,17H,3,6-7,15H2,1-2H3,(H,16,18). The first-order valence-electron chi connectivity index (χ1n) is 6.54. The molecule has 1 aliphatic rings. The largest absolute Gasteiger partial charge is 0.397 e. The fraction of sp³-hybridized carbons (Fsp3) is 0.500. The van der Waals surface area contributed by atoms with Gasteiger partial charge in [-0.1, -0.05) is 6.92 Å². The van der Waals surface area contributed by atoms with Crippen molar-refractivity contribution in [3.05, 3.63) is 23.8 Å². The Morgan fingerprint density at radius 3 is 2.78 bits per heavy atom. The second-order valence-corrected chi connectivity index (χ2v) is 5.08. The van der Waals surface area contributed by atoms with Crippen molar-refractivity contribution in [2.45, 2.75) is 32.7 Å². The Bertz CT molecular complexity index is 439. The molecule has 2 rings (SSSR count). The first kappa shape index (κ1) is 12.7. The monoisotopic (exact) mass is 247 g/mol. The number of hydrogen-bond acceptors (Lipinski definition) is 3. The van der Waals surface area contributed by atoms with Crippen molar-refractivity contribution in [1.82, 2.24) is 5.32 Å². The van der Waals surface area contributed by atoms with Crippen LogP contribution in [0, 0.1) is 5.92 Å². The normalized spacial score (nSPS) is 22.1. The van der Waals surface area contributed by atoms with Gasteiger partial charge in [-0.25, -0.2) is 0 Å². The molecule has 0 atom stereocenters. The second kappa shape index (κ2) is 5.29. The number of carbonyl (C=O) groups is 1. The van der Waals surface area contributed by atoms with Crippen LogP contribution in [-0.4, -0.2) is 18.5 Å². The van der Waals surface area contributed by atoms with Crippen LogP contribution in [0.1, 0.15) is 37.0 Å². The molecule has 0 saturated heterocycles. The molecule has 1 aromatic carbocycles.